The summed E-state index contributed by atoms with van der Waals surface area (Å²) in [5, 5.41) is 3.39. The minimum absolute atomic E-state index is 0.693. The molecule has 2 heteroatoms. The zero-order valence-electron chi connectivity index (χ0n) is 8.27. The Balaban J connectivity index is 2.24. The molecule has 1 aliphatic heterocycles. The van der Waals surface area contributed by atoms with Crippen molar-refractivity contribution in [2.75, 3.05) is 26.2 Å². The number of rotatable bonds is 3. The first kappa shape index (κ1) is 9.75. The van der Waals surface area contributed by atoms with E-state index in [1.54, 1.807) is 0 Å². The molecule has 1 N–H and O–H groups in total. The van der Waals surface area contributed by atoms with Crippen LogP contribution in [0.5, 0.6) is 0 Å². The highest BCUT2D eigenvalue weighted by molar-refractivity contribution is 4.90. The average molecular weight is 168 g/mol. The highest BCUT2D eigenvalue weighted by Gasteiger charge is 2.16. The molecule has 0 aromatic rings. The predicted octanol–water partition coefficient (Wildman–Crippen LogP) is 1.25. The second kappa shape index (κ2) is 4.63. The first-order valence-corrected chi connectivity index (χ1v) is 4.79. The zero-order valence-corrected chi connectivity index (χ0v) is 8.27. The number of piperazine rings is 1. The van der Waals surface area contributed by atoms with Crippen LogP contribution in [0.3, 0.4) is 0 Å². The van der Waals surface area contributed by atoms with E-state index in [4.69, 9.17) is 0 Å². The number of hydrogen-bond acceptors (Lipinski definition) is 2. The van der Waals surface area contributed by atoms with E-state index in [1.165, 1.54) is 18.7 Å². The Kier molecular flexibility index (Phi) is 3.76. The summed E-state index contributed by atoms with van der Waals surface area (Å²) in [6, 6.07) is 0.693. The third-order valence-electron chi connectivity index (χ3n) is 2.46. The van der Waals surface area contributed by atoms with Crippen molar-refractivity contribution in [3.8, 4) is 0 Å². The van der Waals surface area contributed by atoms with Gasteiger partial charge in [0.15, 0.2) is 0 Å². The molecule has 0 unspecified atom stereocenters. The summed E-state index contributed by atoms with van der Waals surface area (Å²) in [4.78, 5) is 2.53. The van der Waals surface area contributed by atoms with Gasteiger partial charge in [0, 0.05) is 32.2 Å². The van der Waals surface area contributed by atoms with Gasteiger partial charge in [-0.1, -0.05) is 5.57 Å². The average Bonchev–Trinajstić information content (AvgIpc) is 2.03. The van der Waals surface area contributed by atoms with E-state index in [0.29, 0.717) is 6.04 Å². The second-order valence-electron chi connectivity index (χ2n) is 3.80. The molecule has 2 nitrogen and oxygen atoms in total. The second-order valence-corrected chi connectivity index (χ2v) is 3.80. The quantitative estimate of drug-likeness (QED) is 0.638. The van der Waals surface area contributed by atoms with Crippen LogP contribution in [0.4, 0.5) is 0 Å². The van der Waals surface area contributed by atoms with E-state index in [2.05, 4.69) is 30.6 Å². The Bertz CT molecular complexity index is 154. The summed E-state index contributed by atoms with van der Waals surface area (Å²) >= 11 is 0. The van der Waals surface area contributed by atoms with Crippen molar-refractivity contribution in [1.29, 1.82) is 0 Å². The molecule has 0 amide bonds. The maximum Gasteiger partial charge on any atom is 0.0193 e. The molecule has 0 aromatic carbocycles. The van der Waals surface area contributed by atoms with Crippen LogP contribution in [-0.2, 0) is 0 Å². The fourth-order valence-corrected chi connectivity index (χ4v) is 1.55. The van der Waals surface area contributed by atoms with Gasteiger partial charge in [-0.3, -0.25) is 4.90 Å². The fourth-order valence-electron chi connectivity index (χ4n) is 1.55. The van der Waals surface area contributed by atoms with Crippen molar-refractivity contribution in [1.82, 2.24) is 10.2 Å². The van der Waals surface area contributed by atoms with E-state index in [0.717, 1.165) is 19.5 Å². The SMILES string of the molecule is C=C(C)CCN1CCNC[C@@H]1C. The number of nitrogens with one attached hydrogen (secondary N) is 1. The van der Waals surface area contributed by atoms with Crippen molar-refractivity contribution >= 4 is 0 Å². The molecule has 0 radical (unpaired) electrons. The molecule has 12 heavy (non-hydrogen) atoms. The van der Waals surface area contributed by atoms with Gasteiger partial charge in [-0.05, 0) is 20.3 Å². The van der Waals surface area contributed by atoms with Crippen molar-refractivity contribution in [2.45, 2.75) is 26.3 Å². The summed E-state index contributed by atoms with van der Waals surface area (Å²) in [5.74, 6) is 0. The molecule has 1 atom stereocenters. The van der Waals surface area contributed by atoms with Gasteiger partial charge in [0.2, 0.25) is 0 Å². The topological polar surface area (TPSA) is 15.3 Å². The first-order valence-electron chi connectivity index (χ1n) is 4.79. The third-order valence-corrected chi connectivity index (χ3v) is 2.46. The lowest BCUT2D eigenvalue weighted by Crippen LogP contribution is -2.49. The predicted molar refractivity (Wildman–Crippen MR) is 53.3 cm³/mol. The van der Waals surface area contributed by atoms with Crippen molar-refractivity contribution < 1.29 is 0 Å². The number of hydrogen-bond donors (Lipinski definition) is 1. The molecule has 0 bridgehead atoms. The zero-order chi connectivity index (χ0) is 8.97. The van der Waals surface area contributed by atoms with Gasteiger partial charge in [-0.2, -0.15) is 0 Å². The van der Waals surface area contributed by atoms with Crippen LogP contribution in [0.15, 0.2) is 12.2 Å². The lowest BCUT2D eigenvalue weighted by Gasteiger charge is -2.33. The third kappa shape index (κ3) is 2.95. The molecule has 0 aromatic heterocycles. The first-order chi connectivity index (χ1) is 5.70. The molecule has 0 saturated carbocycles. The van der Waals surface area contributed by atoms with Crippen LogP contribution in [-0.4, -0.2) is 37.1 Å². The lowest BCUT2D eigenvalue weighted by atomic mass is 10.1. The largest absolute Gasteiger partial charge is 0.314 e. The molecule has 70 valence electrons. The minimum Gasteiger partial charge on any atom is -0.314 e. The Hall–Kier alpha value is -0.340. The molecule has 0 aliphatic carbocycles. The Labute approximate surface area is 75.6 Å². The van der Waals surface area contributed by atoms with Gasteiger partial charge in [0.25, 0.3) is 0 Å². The fraction of sp³-hybridized carbons (Fsp3) is 0.800. The summed E-state index contributed by atoms with van der Waals surface area (Å²) in [7, 11) is 0. The minimum atomic E-state index is 0.693. The summed E-state index contributed by atoms with van der Waals surface area (Å²) in [6.45, 7) is 13.0. The molecule has 0 spiro atoms. The maximum absolute atomic E-state index is 3.92. The smallest absolute Gasteiger partial charge is 0.0193 e. The molecule has 1 rings (SSSR count). The Morgan fingerprint density at radius 1 is 1.67 bits per heavy atom. The van der Waals surface area contributed by atoms with Gasteiger partial charge in [-0.15, -0.1) is 6.58 Å². The van der Waals surface area contributed by atoms with Crippen LogP contribution in [0, 0.1) is 0 Å². The molecular weight excluding hydrogens is 148 g/mol. The van der Waals surface area contributed by atoms with Gasteiger partial charge in [0.05, 0.1) is 0 Å². The number of nitrogens with zero attached hydrogens (tertiary/aromatic N) is 1. The Morgan fingerprint density at radius 2 is 2.42 bits per heavy atom. The van der Waals surface area contributed by atoms with Gasteiger partial charge < -0.3 is 5.32 Å². The van der Waals surface area contributed by atoms with Crippen LogP contribution in [0.25, 0.3) is 0 Å². The highest BCUT2D eigenvalue weighted by Crippen LogP contribution is 2.05. The summed E-state index contributed by atoms with van der Waals surface area (Å²) in [6.07, 6.45) is 1.14. The van der Waals surface area contributed by atoms with E-state index >= 15 is 0 Å². The van der Waals surface area contributed by atoms with E-state index in [-0.39, 0.29) is 0 Å². The van der Waals surface area contributed by atoms with Gasteiger partial charge in [-0.25, -0.2) is 0 Å². The van der Waals surface area contributed by atoms with Crippen LogP contribution in [0.2, 0.25) is 0 Å². The lowest BCUT2D eigenvalue weighted by molar-refractivity contribution is 0.176. The van der Waals surface area contributed by atoms with Crippen molar-refractivity contribution in [2.24, 2.45) is 0 Å². The maximum atomic E-state index is 3.92. The van der Waals surface area contributed by atoms with Gasteiger partial charge >= 0.3 is 0 Å². The van der Waals surface area contributed by atoms with Crippen molar-refractivity contribution in [3.63, 3.8) is 0 Å². The van der Waals surface area contributed by atoms with E-state index < -0.39 is 0 Å². The van der Waals surface area contributed by atoms with Crippen LogP contribution in [0.1, 0.15) is 20.3 Å². The Morgan fingerprint density at radius 3 is 3.00 bits per heavy atom. The van der Waals surface area contributed by atoms with E-state index in [1.807, 2.05) is 0 Å². The molecule has 1 aliphatic rings. The molecular formula is C10H20N2. The monoisotopic (exact) mass is 168 g/mol. The normalized spacial score (nSPS) is 25.7. The van der Waals surface area contributed by atoms with Gasteiger partial charge in [0.1, 0.15) is 0 Å². The summed E-state index contributed by atoms with van der Waals surface area (Å²) < 4.78 is 0. The van der Waals surface area contributed by atoms with E-state index in [9.17, 15) is 0 Å². The van der Waals surface area contributed by atoms with Crippen LogP contribution < -0.4 is 5.32 Å². The molecule has 1 heterocycles. The summed E-state index contributed by atoms with van der Waals surface area (Å²) in [5.41, 5.74) is 1.29. The van der Waals surface area contributed by atoms with Crippen LogP contribution >= 0.6 is 0 Å². The standard InChI is InChI=1S/C10H20N2/c1-9(2)4-6-12-7-5-11-8-10(12)3/h10-11H,1,4-8H2,2-3H3/t10-/m0/s1. The molecule has 1 saturated heterocycles. The molecule has 1 fully saturated rings. The van der Waals surface area contributed by atoms with Crippen molar-refractivity contribution in [3.05, 3.63) is 12.2 Å². The highest BCUT2D eigenvalue weighted by atomic mass is 15.2.